The second-order valence-corrected chi connectivity index (χ2v) is 5.43. The van der Waals surface area contributed by atoms with Crippen molar-refractivity contribution in [3.05, 3.63) is 47.9 Å². The lowest BCUT2D eigenvalue weighted by Crippen LogP contribution is -2.28. The highest BCUT2D eigenvalue weighted by Gasteiger charge is 2.07. The predicted molar refractivity (Wildman–Crippen MR) is 89.1 cm³/mol. The van der Waals surface area contributed by atoms with Gasteiger partial charge >= 0.3 is 0 Å². The van der Waals surface area contributed by atoms with E-state index in [4.69, 9.17) is 0 Å². The number of carbonyl (C=O) groups is 1. The van der Waals surface area contributed by atoms with E-state index in [2.05, 4.69) is 30.7 Å². The van der Waals surface area contributed by atoms with Gasteiger partial charge in [-0.3, -0.25) is 9.78 Å². The number of nitrogens with one attached hydrogen (secondary N) is 2. The maximum absolute atomic E-state index is 11.9. The lowest BCUT2D eigenvalue weighted by molar-refractivity contribution is 0.0946. The Morgan fingerprint density at radius 3 is 2.74 bits per heavy atom. The van der Waals surface area contributed by atoms with Gasteiger partial charge in [-0.1, -0.05) is 6.07 Å². The van der Waals surface area contributed by atoms with Gasteiger partial charge in [0.1, 0.15) is 5.82 Å². The molecule has 0 atom stereocenters. The molecule has 7 nitrogen and oxygen atoms in total. The van der Waals surface area contributed by atoms with Crippen molar-refractivity contribution in [2.75, 3.05) is 32.5 Å². The van der Waals surface area contributed by atoms with Crippen LogP contribution in [0.5, 0.6) is 0 Å². The Hall–Kier alpha value is -2.54. The van der Waals surface area contributed by atoms with Crippen LogP contribution in [0.4, 0.5) is 5.82 Å². The number of pyridine rings is 1. The van der Waals surface area contributed by atoms with Crippen LogP contribution in [0.1, 0.15) is 22.5 Å². The number of aromatic nitrogens is 3. The molecule has 7 heteroatoms. The van der Waals surface area contributed by atoms with Crippen LogP contribution in [0.2, 0.25) is 0 Å². The second kappa shape index (κ2) is 8.79. The fourth-order valence-corrected chi connectivity index (χ4v) is 1.93. The van der Waals surface area contributed by atoms with Crippen LogP contribution < -0.4 is 10.6 Å². The normalized spacial score (nSPS) is 10.6. The van der Waals surface area contributed by atoms with Gasteiger partial charge in [-0.2, -0.15) is 0 Å². The molecule has 2 aromatic heterocycles. The summed E-state index contributed by atoms with van der Waals surface area (Å²) in [6.07, 6.45) is 4.42. The summed E-state index contributed by atoms with van der Waals surface area (Å²) in [5.74, 6) is 0.424. The Balaban J connectivity index is 1.78. The van der Waals surface area contributed by atoms with E-state index in [0.717, 1.165) is 18.5 Å². The van der Waals surface area contributed by atoms with Gasteiger partial charge in [0.25, 0.3) is 5.91 Å². The zero-order chi connectivity index (χ0) is 16.5. The van der Waals surface area contributed by atoms with Crippen molar-refractivity contribution >= 4 is 11.7 Å². The molecule has 0 aliphatic rings. The van der Waals surface area contributed by atoms with Gasteiger partial charge in [0.05, 0.1) is 0 Å². The lowest BCUT2D eigenvalue weighted by Gasteiger charge is -2.09. The average Bonchev–Trinajstić information content (AvgIpc) is 2.58. The number of nitrogens with zero attached hydrogens (tertiary/aromatic N) is 4. The molecule has 0 aliphatic heterocycles. The quantitative estimate of drug-likeness (QED) is 0.712. The number of carbonyl (C=O) groups excluding carboxylic acids is 1. The summed E-state index contributed by atoms with van der Waals surface area (Å²) in [4.78, 5) is 18.1. The summed E-state index contributed by atoms with van der Waals surface area (Å²) in [7, 11) is 4.01. The monoisotopic (exact) mass is 314 g/mol. The second-order valence-electron chi connectivity index (χ2n) is 5.43. The molecule has 2 aromatic rings. The lowest BCUT2D eigenvalue weighted by atomic mass is 10.3. The highest BCUT2D eigenvalue weighted by atomic mass is 16.1. The van der Waals surface area contributed by atoms with Gasteiger partial charge < -0.3 is 15.5 Å². The van der Waals surface area contributed by atoms with Crippen molar-refractivity contribution in [3.8, 4) is 0 Å². The molecular formula is C16H22N6O. The molecule has 2 rings (SSSR count). The van der Waals surface area contributed by atoms with Crippen LogP contribution in [0.15, 0.2) is 36.7 Å². The fourth-order valence-electron chi connectivity index (χ4n) is 1.93. The molecule has 0 fully saturated rings. The first kappa shape index (κ1) is 16.8. The Bertz CT molecular complexity index is 600. The van der Waals surface area contributed by atoms with E-state index in [1.165, 1.54) is 0 Å². The van der Waals surface area contributed by atoms with Crippen LogP contribution in [0, 0.1) is 0 Å². The molecular weight excluding hydrogens is 292 g/mol. The van der Waals surface area contributed by atoms with Crippen molar-refractivity contribution in [1.29, 1.82) is 0 Å². The number of anilines is 1. The van der Waals surface area contributed by atoms with Crippen LogP contribution in [0.3, 0.4) is 0 Å². The van der Waals surface area contributed by atoms with Crippen molar-refractivity contribution in [2.24, 2.45) is 0 Å². The Morgan fingerprint density at radius 2 is 2.09 bits per heavy atom. The Labute approximate surface area is 136 Å². The smallest absolute Gasteiger partial charge is 0.271 e. The van der Waals surface area contributed by atoms with Gasteiger partial charge in [-0.15, -0.1) is 10.2 Å². The molecule has 122 valence electrons. The minimum Gasteiger partial charge on any atom is -0.364 e. The molecule has 0 saturated heterocycles. The summed E-state index contributed by atoms with van der Waals surface area (Å²) < 4.78 is 0. The van der Waals surface area contributed by atoms with E-state index >= 15 is 0 Å². The van der Waals surface area contributed by atoms with Gasteiger partial charge in [-0.05, 0) is 50.8 Å². The van der Waals surface area contributed by atoms with Crippen molar-refractivity contribution in [3.63, 3.8) is 0 Å². The number of hydrogen-bond acceptors (Lipinski definition) is 6. The first-order valence-electron chi connectivity index (χ1n) is 7.54. The fraction of sp³-hybridized carbons (Fsp3) is 0.375. The first-order valence-corrected chi connectivity index (χ1v) is 7.54. The van der Waals surface area contributed by atoms with Crippen molar-refractivity contribution < 1.29 is 4.79 Å². The molecule has 0 unspecified atom stereocenters. The van der Waals surface area contributed by atoms with Gasteiger partial charge in [0.2, 0.25) is 0 Å². The molecule has 23 heavy (non-hydrogen) atoms. The van der Waals surface area contributed by atoms with Crippen molar-refractivity contribution in [1.82, 2.24) is 25.4 Å². The van der Waals surface area contributed by atoms with Gasteiger partial charge in [-0.25, -0.2) is 0 Å². The summed E-state index contributed by atoms with van der Waals surface area (Å²) in [6, 6.07) is 7.27. The molecule has 2 N–H and O–H groups in total. The summed E-state index contributed by atoms with van der Waals surface area (Å²) in [5.41, 5.74) is 1.37. The zero-order valence-electron chi connectivity index (χ0n) is 13.5. The molecule has 0 aliphatic carbocycles. The summed E-state index contributed by atoms with van der Waals surface area (Å²) >= 11 is 0. The number of rotatable bonds is 8. The highest BCUT2D eigenvalue weighted by molar-refractivity contribution is 5.92. The molecule has 0 saturated carbocycles. The highest BCUT2D eigenvalue weighted by Crippen LogP contribution is 2.05. The zero-order valence-corrected chi connectivity index (χ0v) is 13.5. The molecule has 2 heterocycles. The van der Waals surface area contributed by atoms with Crippen LogP contribution in [-0.4, -0.2) is 53.2 Å². The topological polar surface area (TPSA) is 83.0 Å². The number of hydrogen-bond donors (Lipinski definition) is 2. The molecule has 0 spiro atoms. The first-order chi connectivity index (χ1) is 11.1. The van der Waals surface area contributed by atoms with Crippen LogP contribution >= 0.6 is 0 Å². The SMILES string of the molecule is CN(C)CCCNC(=O)c1ccc(NCc2cccnc2)nn1. The third kappa shape index (κ3) is 5.99. The van der Waals surface area contributed by atoms with Crippen LogP contribution in [-0.2, 0) is 6.54 Å². The molecule has 0 radical (unpaired) electrons. The Morgan fingerprint density at radius 1 is 1.22 bits per heavy atom. The molecule has 0 bridgehead atoms. The standard InChI is InChI=1S/C16H22N6O/c1-22(2)10-4-9-18-16(23)14-6-7-15(21-20-14)19-12-13-5-3-8-17-11-13/h3,5-8,11H,4,9-10,12H2,1-2H3,(H,18,23)(H,19,21). The van der Waals surface area contributed by atoms with E-state index in [0.29, 0.717) is 24.6 Å². The minimum atomic E-state index is -0.199. The maximum atomic E-state index is 11.9. The maximum Gasteiger partial charge on any atom is 0.271 e. The third-order valence-electron chi connectivity index (χ3n) is 3.16. The van der Waals surface area contributed by atoms with Crippen molar-refractivity contribution in [2.45, 2.75) is 13.0 Å². The molecule has 1 amide bonds. The van der Waals surface area contributed by atoms with Gasteiger partial charge in [0.15, 0.2) is 5.69 Å². The predicted octanol–water partition coefficient (Wildman–Crippen LogP) is 1.17. The summed E-state index contributed by atoms with van der Waals surface area (Å²) in [5, 5.41) is 14.0. The average molecular weight is 314 g/mol. The minimum absolute atomic E-state index is 0.199. The van der Waals surface area contributed by atoms with E-state index in [-0.39, 0.29) is 5.91 Å². The largest absolute Gasteiger partial charge is 0.364 e. The van der Waals surface area contributed by atoms with E-state index < -0.39 is 0 Å². The number of amides is 1. The van der Waals surface area contributed by atoms with Crippen LogP contribution in [0.25, 0.3) is 0 Å². The van der Waals surface area contributed by atoms with Gasteiger partial charge in [0, 0.05) is 25.5 Å². The molecule has 0 aromatic carbocycles. The summed E-state index contributed by atoms with van der Waals surface area (Å²) in [6.45, 7) is 2.17. The Kier molecular flexibility index (Phi) is 6.43. The van der Waals surface area contributed by atoms with E-state index in [1.54, 1.807) is 24.5 Å². The van der Waals surface area contributed by atoms with E-state index in [1.807, 2.05) is 26.2 Å². The van der Waals surface area contributed by atoms with E-state index in [9.17, 15) is 4.79 Å². The third-order valence-corrected chi connectivity index (χ3v) is 3.16.